The summed E-state index contributed by atoms with van der Waals surface area (Å²) < 4.78 is 17.5. The van der Waals surface area contributed by atoms with E-state index in [0.717, 1.165) is 40.0 Å². The summed E-state index contributed by atoms with van der Waals surface area (Å²) in [6.45, 7) is 11.7. The molecular formula is C32H35NO5S. The fourth-order valence-corrected chi connectivity index (χ4v) is 4.88. The molecule has 0 unspecified atom stereocenters. The molecule has 39 heavy (non-hydrogen) atoms. The van der Waals surface area contributed by atoms with Gasteiger partial charge in [-0.25, -0.2) is 0 Å². The van der Waals surface area contributed by atoms with Gasteiger partial charge in [-0.1, -0.05) is 57.2 Å². The van der Waals surface area contributed by atoms with E-state index in [2.05, 4.69) is 32.9 Å². The van der Waals surface area contributed by atoms with Crippen molar-refractivity contribution in [3.05, 3.63) is 93.9 Å². The smallest absolute Gasteiger partial charge is 0.293 e. The highest BCUT2D eigenvalue weighted by molar-refractivity contribution is 8.18. The zero-order chi connectivity index (χ0) is 28.0. The van der Waals surface area contributed by atoms with Crippen LogP contribution in [0.4, 0.5) is 4.79 Å². The van der Waals surface area contributed by atoms with E-state index in [-0.39, 0.29) is 29.7 Å². The summed E-state index contributed by atoms with van der Waals surface area (Å²) in [5.41, 5.74) is 4.24. The summed E-state index contributed by atoms with van der Waals surface area (Å²) in [6.07, 6.45) is 1.72. The Bertz CT molecular complexity index is 1360. The molecule has 204 valence electrons. The Balaban J connectivity index is 1.28. The van der Waals surface area contributed by atoms with Gasteiger partial charge in [-0.05, 0) is 89.7 Å². The lowest BCUT2D eigenvalue weighted by Crippen LogP contribution is -2.32. The van der Waals surface area contributed by atoms with Crippen LogP contribution in [0.25, 0.3) is 6.08 Å². The second-order valence-corrected chi connectivity index (χ2v) is 11.5. The molecule has 1 aliphatic rings. The molecule has 7 heteroatoms. The third-order valence-corrected chi connectivity index (χ3v) is 7.19. The third kappa shape index (κ3) is 7.67. The largest absolute Gasteiger partial charge is 0.491 e. The number of carbonyl (C=O) groups excluding carboxylic acids is 2. The maximum absolute atomic E-state index is 12.9. The van der Waals surface area contributed by atoms with Gasteiger partial charge in [0.05, 0.1) is 11.4 Å². The van der Waals surface area contributed by atoms with Crippen LogP contribution in [0.2, 0.25) is 0 Å². The number of carbonyl (C=O) groups is 2. The summed E-state index contributed by atoms with van der Waals surface area (Å²) in [4.78, 5) is 27.0. The number of ether oxygens (including phenoxy) is 3. The molecule has 0 saturated carbocycles. The van der Waals surface area contributed by atoms with Crippen LogP contribution in [0.3, 0.4) is 0 Å². The zero-order valence-electron chi connectivity index (χ0n) is 23.2. The molecule has 3 aromatic carbocycles. The number of imide groups is 1. The molecule has 4 rings (SSSR count). The van der Waals surface area contributed by atoms with E-state index in [1.54, 1.807) is 6.08 Å². The number of amides is 2. The van der Waals surface area contributed by atoms with E-state index >= 15 is 0 Å². The Kier molecular flexibility index (Phi) is 9.02. The Morgan fingerprint density at radius 1 is 0.821 bits per heavy atom. The van der Waals surface area contributed by atoms with Crippen LogP contribution in [0, 0.1) is 13.8 Å². The van der Waals surface area contributed by atoms with E-state index < -0.39 is 0 Å². The number of benzene rings is 3. The first-order valence-corrected chi connectivity index (χ1v) is 13.8. The maximum atomic E-state index is 12.9. The minimum Gasteiger partial charge on any atom is -0.491 e. The SMILES string of the molecule is Cc1ccc(C)c(OCCN2C(=O)S/C(=C\c3cccc(OCCOc4ccc(C(C)(C)C)cc4)c3)C2=O)c1. The minimum absolute atomic E-state index is 0.102. The highest BCUT2D eigenvalue weighted by atomic mass is 32.2. The second kappa shape index (κ2) is 12.4. The van der Waals surface area contributed by atoms with Gasteiger partial charge in [-0.15, -0.1) is 0 Å². The lowest BCUT2D eigenvalue weighted by Gasteiger charge is -2.19. The predicted molar refractivity (Wildman–Crippen MR) is 157 cm³/mol. The van der Waals surface area contributed by atoms with Crippen molar-refractivity contribution in [2.24, 2.45) is 0 Å². The van der Waals surface area contributed by atoms with Gasteiger partial charge in [0.25, 0.3) is 11.1 Å². The fourth-order valence-electron chi connectivity index (χ4n) is 4.02. The van der Waals surface area contributed by atoms with Crippen molar-refractivity contribution in [2.75, 3.05) is 26.4 Å². The maximum Gasteiger partial charge on any atom is 0.293 e. The van der Waals surface area contributed by atoms with E-state index in [9.17, 15) is 9.59 Å². The summed E-state index contributed by atoms with van der Waals surface area (Å²) in [6, 6.07) is 21.5. The second-order valence-electron chi connectivity index (χ2n) is 10.5. The van der Waals surface area contributed by atoms with E-state index in [0.29, 0.717) is 23.9 Å². The van der Waals surface area contributed by atoms with Crippen molar-refractivity contribution in [3.8, 4) is 17.2 Å². The van der Waals surface area contributed by atoms with Gasteiger partial charge in [0.1, 0.15) is 37.1 Å². The molecule has 1 heterocycles. The van der Waals surface area contributed by atoms with Gasteiger partial charge in [-0.3, -0.25) is 14.5 Å². The number of hydrogen-bond donors (Lipinski definition) is 0. The van der Waals surface area contributed by atoms with Crippen molar-refractivity contribution in [2.45, 2.75) is 40.0 Å². The Hall–Kier alpha value is -3.71. The normalized spacial score (nSPS) is 14.7. The Morgan fingerprint density at radius 2 is 1.54 bits per heavy atom. The molecule has 1 aliphatic heterocycles. The zero-order valence-corrected chi connectivity index (χ0v) is 24.0. The Labute approximate surface area is 235 Å². The van der Waals surface area contributed by atoms with Crippen molar-refractivity contribution in [1.29, 1.82) is 0 Å². The first-order chi connectivity index (χ1) is 18.6. The first kappa shape index (κ1) is 28.3. The molecule has 2 amide bonds. The van der Waals surface area contributed by atoms with Crippen molar-refractivity contribution < 1.29 is 23.8 Å². The molecular weight excluding hydrogens is 510 g/mol. The number of rotatable bonds is 10. The van der Waals surface area contributed by atoms with Gasteiger partial charge in [0.15, 0.2) is 0 Å². The van der Waals surface area contributed by atoms with Gasteiger partial charge < -0.3 is 14.2 Å². The fraction of sp³-hybridized carbons (Fsp3) is 0.312. The quantitative estimate of drug-likeness (QED) is 0.199. The molecule has 0 atom stereocenters. The molecule has 0 radical (unpaired) electrons. The molecule has 0 N–H and O–H groups in total. The van der Waals surface area contributed by atoms with Crippen LogP contribution in [0.15, 0.2) is 71.6 Å². The molecule has 1 fully saturated rings. The number of hydrogen-bond acceptors (Lipinski definition) is 6. The molecule has 3 aromatic rings. The molecule has 0 spiro atoms. The van der Waals surface area contributed by atoms with E-state index in [1.165, 1.54) is 10.5 Å². The van der Waals surface area contributed by atoms with Crippen LogP contribution in [0.5, 0.6) is 17.2 Å². The van der Waals surface area contributed by atoms with Gasteiger partial charge in [0.2, 0.25) is 0 Å². The molecule has 0 aliphatic carbocycles. The monoisotopic (exact) mass is 545 g/mol. The third-order valence-electron chi connectivity index (χ3n) is 6.29. The molecule has 1 saturated heterocycles. The first-order valence-electron chi connectivity index (χ1n) is 13.0. The summed E-state index contributed by atoms with van der Waals surface area (Å²) in [5.74, 6) is 1.91. The average molecular weight is 546 g/mol. The van der Waals surface area contributed by atoms with Gasteiger partial charge in [-0.2, -0.15) is 0 Å². The van der Waals surface area contributed by atoms with Crippen LogP contribution in [-0.2, 0) is 10.2 Å². The highest BCUT2D eigenvalue weighted by Crippen LogP contribution is 2.32. The lowest BCUT2D eigenvalue weighted by atomic mass is 9.87. The van der Waals surface area contributed by atoms with Crippen LogP contribution < -0.4 is 14.2 Å². The molecule has 0 bridgehead atoms. The lowest BCUT2D eigenvalue weighted by molar-refractivity contribution is -0.123. The number of thioether (sulfide) groups is 1. The molecule has 0 aromatic heterocycles. The van der Waals surface area contributed by atoms with Crippen molar-refractivity contribution >= 4 is 29.0 Å². The minimum atomic E-state index is -0.313. The number of nitrogens with zero attached hydrogens (tertiary/aromatic N) is 1. The summed E-state index contributed by atoms with van der Waals surface area (Å²) in [5, 5.41) is -0.295. The Morgan fingerprint density at radius 3 is 2.26 bits per heavy atom. The summed E-state index contributed by atoms with van der Waals surface area (Å²) >= 11 is 0.938. The topological polar surface area (TPSA) is 65.1 Å². The summed E-state index contributed by atoms with van der Waals surface area (Å²) in [7, 11) is 0. The standard InChI is InChI=1S/C32H35NO5S/c1-22-9-10-23(2)28(19-22)38-16-15-33-30(34)29(39-31(33)35)21-24-7-6-8-27(20-24)37-18-17-36-26-13-11-25(12-14-26)32(3,4)5/h6-14,19-21H,15-18H2,1-5H3/b29-21-. The van der Waals surface area contributed by atoms with Gasteiger partial charge >= 0.3 is 0 Å². The van der Waals surface area contributed by atoms with E-state index in [1.807, 2.05) is 68.4 Å². The predicted octanol–water partition coefficient (Wildman–Crippen LogP) is 7.17. The molecule has 6 nitrogen and oxygen atoms in total. The van der Waals surface area contributed by atoms with Crippen LogP contribution >= 0.6 is 11.8 Å². The van der Waals surface area contributed by atoms with Gasteiger partial charge in [0, 0.05) is 0 Å². The van der Waals surface area contributed by atoms with Crippen molar-refractivity contribution in [1.82, 2.24) is 4.90 Å². The number of aryl methyl sites for hydroxylation is 2. The van der Waals surface area contributed by atoms with E-state index in [4.69, 9.17) is 14.2 Å². The van der Waals surface area contributed by atoms with Crippen LogP contribution in [0.1, 0.15) is 43.0 Å². The average Bonchev–Trinajstić information content (AvgIpc) is 3.16. The highest BCUT2D eigenvalue weighted by Gasteiger charge is 2.34. The van der Waals surface area contributed by atoms with Crippen LogP contribution in [-0.4, -0.2) is 42.4 Å². The van der Waals surface area contributed by atoms with Crippen molar-refractivity contribution in [3.63, 3.8) is 0 Å².